The number of imide groups is 1. The Morgan fingerprint density at radius 2 is 1.48 bits per heavy atom. The van der Waals surface area contributed by atoms with E-state index < -0.39 is 23.6 Å². The van der Waals surface area contributed by atoms with Crippen LogP contribution in [0.15, 0.2) is 53.7 Å². The van der Waals surface area contributed by atoms with E-state index in [9.17, 15) is 28.0 Å². The molecule has 2 amide bonds. The molecule has 0 spiro atoms. The number of rotatable bonds is 3. The van der Waals surface area contributed by atoms with Crippen LogP contribution in [0.1, 0.15) is 31.8 Å². The summed E-state index contributed by atoms with van der Waals surface area (Å²) in [5.74, 6) is -1.10. The smallest absolute Gasteiger partial charge is 0.411 e. The summed E-state index contributed by atoms with van der Waals surface area (Å²) in [7, 11) is 0. The molecule has 1 heterocycles. The fourth-order valence-corrected chi connectivity index (χ4v) is 2.56. The van der Waals surface area contributed by atoms with Crippen LogP contribution < -0.4 is 0 Å². The van der Waals surface area contributed by atoms with Gasteiger partial charge in [-0.2, -0.15) is 13.2 Å². The van der Waals surface area contributed by atoms with Gasteiger partial charge in [-0.15, -0.1) is 0 Å². The minimum absolute atomic E-state index is 0.0942. The third kappa shape index (κ3) is 2.98. The van der Waals surface area contributed by atoms with Gasteiger partial charge in [0.05, 0.1) is 23.2 Å². The van der Waals surface area contributed by atoms with Gasteiger partial charge in [0.1, 0.15) is 5.71 Å². The van der Waals surface area contributed by atoms with Gasteiger partial charge in [0.25, 0.3) is 11.8 Å². The standard InChI is InChI=1S/C17H11F3N2O3/c18-17(19,20)11-7-5-10(6-8-11)14(21-25)9-22-15(23)12-3-1-2-4-13(12)16(22)24/h1-8,25H,9H2/b21-14-. The van der Waals surface area contributed by atoms with Gasteiger partial charge in [0, 0.05) is 5.56 Å². The quantitative estimate of drug-likeness (QED) is 0.401. The molecule has 0 aliphatic carbocycles. The lowest BCUT2D eigenvalue weighted by molar-refractivity contribution is -0.137. The molecule has 0 radical (unpaired) electrons. The van der Waals surface area contributed by atoms with Crippen molar-refractivity contribution in [1.82, 2.24) is 4.90 Å². The van der Waals surface area contributed by atoms with E-state index >= 15 is 0 Å². The Morgan fingerprint density at radius 3 is 1.92 bits per heavy atom. The Labute approximate surface area is 140 Å². The fourth-order valence-electron chi connectivity index (χ4n) is 2.56. The second kappa shape index (κ2) is 6.04. The molecule has 2 aromatic rings. The van der Waals surface area contributed by atoms with Gasteiger partial charge in [-0.1, -0.05) is 29.4 Å². The molecule has 3 rings (SSSR count). The Bertz CT molecular complexity index is 838. The first-order valence-electron chi connectivity index (χ1n) is 7.16. The van der Waals surface area contributed by atoms with Crippen molar-refractivity contribution >= 4 is 17.5 Å². The lowest BCUT2D eigenvalue weighted by Crippen LogP contribution is -2.35. The summed E-state index contributed by atoms with van der Waals surface area (Å²) in [6, 6.07) is 10.2. The van der Waals surface area contributed by atoms with Crippen LogP contribution in [0, 0.1) is 0 Å². The van der Waals surface area contributed by atoms with Crippen LogP contribution >= 0.6 is 0 Å². The van der Waals surface area contributed by atoms with Crippen molar-refractivity contribution in [2.45, 2.75) is 6.18 Å². The van der Waals surface area contributed by atoms with Crippen molar-refractivity contribution in [3.63, 3.8) is 0 Å². The molecule has 2 aromatic carbocycles. The third-order valence-corrected chi connectivity index (χ3v) is 3.85. The first-order chi connectivity index (χ1) is 11.8. The number of benzene rings is 2. The molecule has 0 saturated carbocycles. The monoisotopic (exact) mass is 348 g/mol. The maximum atomic E-state index is 12.6. The van der Waals surface area contributed by atoms with Crippen LogP contribution in [-0.4, -0.2) is 34.2 Å². The minimum Gasteiger partial charge on any atom is -0.411 e. The van der Waals surface area contributed by atoms with Gasteiger partial charge in [0.15, 0.2) is 0 Å². The summed E-state index contributed by atoms with van der Waals surface area (Å²) >= 11 is 0. The Kier molecular flexibility index (Phi) is 4.03. The molecular weight excluding hydrogens is 337 g/mol. The van der Waals surface area contributed by atoms with Crippen LogP contribution in [-0.2, 0) is 6.18 Å². The SMILES string of the molecule is O=C1c2ccccc2C(=O)N1C/C(=N/O)c1ccc(C(F)(F)F)cc1. The molecule has 0 aromatic heterocycles. The number of oxime groups is 1. The zero-order chi connectivity index (χ0) is 18.2. The molecule has 8 heteroatoms. The van der Waals surface area contributed by atoms with Crippen molar-refractivity contribution in [2.24, 2.45) is 5.16 Å². The van der Waals surface area contributed by atoms with E-state index in [1.54, 1.807) is 12.1 Å². The Morgan fingerprint density at radius 1 is 0.960 bits per heavy atom. The van der Waals surface area contributed by atoms with Gasteiger partial charge in [-0.05, 0) is 24.3 Å². The molecule has 0 atom stereocenters. The average Bonchev–Trinajstić information content (AvgIpc) is 2.84. The van der Waals surface area contributed by atoms with Gasteiger partial charge in [-0.3, -0.25) is 14.5 Å². The summed E-state index contributed by atoms with van der Waals surface area (Å²) < 4.78 is 37.8. The summed E-state index contributed by atoms with van der Waals surface area (Å²) in [5, 5.41) is 12.2. The van der Waals surface area contributed by atoms with Crippen LogP contribution in [0.4, 0.5) is 13.2 Å². The summed E-state index contributed by atoms with van der Waals surface area (Å²) in [6.45, 7) is -0.353. The van der Waals surface area contributed by atoms with Crippen LogP contribution in [0.25, 0.3) is 0 Å². The van der Waals surface area contributed by atoms with Crippen molar-refractivity contribution in [1.29, 1.82) is 0 Å². The second-order valence-electron chi connectivity index (χ2n) is 5.36. The van der Waals surface area contributed by atoms with Crippen molar-refractivity contribution < 1.29 is 28.0 Å². The second-order valence-corrected chi connectivity index (χ2v) is 5.36. The maximum absolute atomic E-state index is 12.6. The highest BCUT2D eigenvalue weighted by atomic mass is 19.4. The predicted molar refractivity (Wildman–Crippen MR) is 81.6 cm³/mol. The van der Waals surface area contributed by atoms with Gasteiger partial charge >= 0.3 is 6.18 Å². The van der Waals surface area contributed by atoms with E-state index in [0.717, 1.165) is 29.2 Å². The molecule has 1 aliphatic rings. The summed E-state index contributed by atoms with van der Waals surface area (Å²) in [4.78, 5) is 25.5. The largest absolute Gasteiger partial charge is 0.416 e. The van der Waals surface area contributed by atoms with Crippen molar-refractivity contribution in [2.75, 3.05) is 6.54 Å². The first-order valence-corrected chi connectivity index (χ1v) is 7.16. The summed E-state index contributed by atoms with van der Waals surface area (Å²) in [6.07, 6.45) is -4.49. The van der Waals surface area contributed by atoms with Crippen molar-refractivity contribution in [3.05, 3.63) is 70.8 Å². The molecular formula is C17H11F3N2O3. The topological polar surface area (TPSA) is 70.0 Å². The summed E-state index contributed by atoms with van der Waals surface area (Å²) in [5.41, 5.74) is -0.307. The number of carbonyl (C=O) groups excluding carboxylic acids is 2. The number of hydrogen-bond acceptors (Lipinski definition) is 4. The van der Waals surface area contributed by atoms with E-state index in [-0.39, 0.29) is 28.9 Å². The predicted octanol–water partition coefficient (Wildman–Crippen LogP) is 3.18. The number of carbonyl (C=O) groups is 2. The Hall–Kier alpha value is -3.16. The number of amides is 2. The third-order valence-electron chi connectivity index (χ3n) is 3.85. The molecule has 5 nitrogen and oxygen atoms in total. The molecule has 128 valence electrons. The molecule has 1 N–H and O–H groups in total. The molecule has 0 bridgehead atoms. The molecule has 0 fully saturated rings. The van der Waals surface area contributed by atoms with E-state index in [1.165, 1.54) is 12.1 Å². The van der Waals surface area contributed by atoms with Crippen LogP contribution in [0.2, 0.25) is 0 Å². The maximum Gasteiger partial charge on any atom is 0.416 e. The zero-order valence-corrected chi connectivity index (χ0v) is 12.6. The van der Waals surface area contributed by atoms with Crippen LogP contribution in [0.3, 0.4) is 0 Å². The van der Waals surface area contributed by atoms with E-state index in [4.69, 9.17) is 0 Å². The number of alkyl halides is 3. The van der Waals surface area contributed by atoms with Crippen LogP contribution in [0.5, 0.6) is 0 Å². The molecule has 0 saturated heterocycles. The number of hydrogen-bond donors (Lipinski definition) is 1. The number of nitrogens with zero attached hydrogens (tertiary/aromatic N) is 2. The first kappa shape index (κ1) is 16.7. The number of halogens is 3. The lowest BCUT2D eigenvalue weighted by atomic mass is 10.1. The van der Waals surface area contributed by atoms with E-state index in [0.29, 0.717) is 0 Å². The van der Waals surface area contributed by atoms with Gasteiger partial charge in [-0.25, -0.2) is 0 Å². The molecule has 0 unspecified atom stereocenters. The van der Waals surface area contributed by atoms with E-state index in [1.807, 2.05) is 0 Å². The highest BCUT2D eigenvalue weighted by Gasteiger charge is 2.36. The fraction of sp³-hybridized carbons (Fsp3) is 0.118. The highest BCUT2D eigenvalue weighted by Crippen LogP contribution is 2.29. The molecule has 25 heavy (non-hydrogen) atoms. The highest BCUT2D eigenvalue weighted by molar-refractivity contribution is 6.23. The molecule has 1 aliphatic heterocycles. The normalized spacial score (nSPS) is 14.8. The van der Waals surface area contributed by atoms with Gasteiger partial charge < -0.3 is 5.21 Å². The Balaban J connectivity index is 1.85. The zero-order valence-electron chi connectivity index (χ0n) is 12.6. The average molecular weight is 348 g/mol. The van der Waals surface area contributed by atoms with Gasteiger partial charge in [0.2, 0.25) is 0 Å². The van der Waals surface area contributed by atoms with E-state index in [2.05, 4.69) is 5.16 Å². The van der Waals surface area contributed by atoms with Crippen molar-refractivity contribution in [3.8, 4) is 0 Å². The minimum atomic E-state index is -4.49. The number of fused-ring (bicyclic) bond motifs is 1. The lowest BCUT2D eigenvalue weighted by Gasteiger charge is -2.15.